The number of halogens is 1. The van der Waals surface area contributed by atoms with Crippen molar-refractivity contribution in [2.75, 3.05) is 0 Å². The summed E-state index contributed by atoms with van der Waals surface area (Å²) in [6.07, 6.45) is 0. The smallest absolute Gasteiger partial charge is 0.280 e. The van der Waals surface area contributed by atoms with Crippen molar-refractivity contribution in [3.05, 3.63) is 76.3 Å². The standard InChI is InChI=1S/C23H19ClN6O2/c1-13-4-6-17(7-5-13)22-25-19(15(3)31-22)12-30-14(2)20(27-29-30)23-26-21(28-32-23)16-8-10-18(24)11-9-16/h4-11H,12H2,1-3H3. The van der Waals surface area contributed by atoms with Crippen molar-refractivity contribution >= 4 is 11.6 Å². The molecule has 0 fully saturated rings. The van der Waals surface area contributed by atoms with E-state index >= 15 is 0 Å². The first-order valence-electron chi connectivity index (χ1n) is 10.0. The van der Waals surface area contributed by atoms with Crippen molar-refractivity contribution in [3.63, 3.8) is 0 Å². The summed E-state index contributed by atoms with van der Waals surface area (Å²) in [6, 6.07) is 15.3. The molecule has 160 valence electrons. The molecule has 0 saturated carbocycles. The molecule has 0 N–H and O–H groups in total. The molecule has 8 nitrogen and oxygen atoms in total. The van der Waals surface area contributed by atoms with Gasteiger partial charge in [0, 0.05) is 16.1 Å². The third-order valence-electron chi connectivity index (χ3n) is 5.20. The van der Waals surface area contributed by atoms with E-state index < -0.39 is 0 Å². The molecule has 32 heavy (non-hydrogen) atoms. The molecule has 3 aromatic heterocycles. The Bertz CT molecular complexity index is 1380. The molecule has 0 aliphatic rings. The molecule has 2 aromatic carbocycles. The number of nitrogens with zero attached hydrogens (tertiary/aromatic N) is 6. The minimum absolute atomic E-state index is 0.302. The molecule has 0 amide bonds. The zero-order chi connectivity index (χ0) is 22.2. The number of hydrogen-bond acceptors (Lipinski definition) is 7. The molecule has 0 bridgehead atoms. The van der Waals surface area contributed by atoms with Crippen molar-refractivity contribution in [2.45, 2.75) is 27.3 Å². The van der Waals surface area contributed by atoms with E-state index in [4.69, 9.17) is 20.5 Å². The van der Waals surface area contributed by atoms with Crippen LogP contribution in [0.1, 0.15) is 22.7 Å². The van der Waals surface area contributed by atoms with Crippen LogP contribution in [0.15, 0.2) is 57.5 Å². The summed E-state index contributed by atoms with van der Waals surface area (Å²) >= 11 is 5.95. The van der Waals surface area contributed by atoms with E-state index in [-0.39, 0.29) is 0 Å². The number of aromatic nitrogens is 6. The first-order chi connectivity index (χ1) is 15.5. The summed E-state index contributed by atoms with van der Waals surface area (Å²) in [4.78, 5) is 9.12. The van der Waals surface area contributed by atoms with E-state index in [0.29, 0.717) is 34.9 Å². The lowest BCUT2D eigenvalue weighted by Crippen LogP contribution is -2.05. The van der Waals surface area contributed by atoms with Crippen molar-refractivity contribution in [3.8, 4) is 34.4 Å². The molecule has 0 unspecified atom stereocenters. The topological polar surface area (TPSA) is 95.7 Å². The van der Waals surface area contributed by atoms with Gasteiger partial charge in [-0.1, -0.05) is 39.7 Å². The van der Waals surface area contributed by atoms with Gasteiger partial charge in [0.25, 0.3) is 5.89 Å². The van der Waals surface area contributed by atoms with Gasteiger partial charge in [0.05, 0.1) is 12.2 Å². The summed E-state index contributed by atoms with van der Waals surface area (Å²) in [6.45, 7) is 6.25. The molecule has 0 aliphatic heterocycles. The zero-order valence-corrected chi connectivity index (χ0v) is 18.5. The quantitative estimate of drug-likeness (QED) is 0.362. The Kier molecular flexibility index (Phi) is 5.07. The Morgan fingerprint density at radius 3 is 2.34 bits per heavy atom. The number of hydrogen-bond donors (Lipinski definition) is 0. The molecular formula is C23H19ClN6O2. The molecule has 5 rings (SSSR count). The van der Waals surface area contributed by atoms with E-state index in [1.165, 1.54) is 5.56 Å². The average molecular weight is 447 g/mol. The fraction of sp³-hybridized carbons (Fsp3) is 0.174. The second-order valence-electron chi connectivity index (χ2n) is 7.50. The molecule has 0 spiro atoms. The van der Waals surface area contributed by atoms with Crippen LogP contribution >= 0.6 is 11.6 Å². The summed E-state index contributed by atoms with van der Waals surface area (Å²) in [5, 5.41) is 13.2. The van der Waals surface area contributed by atoms with Gasteiger partial charge in [-0.2, -0.15) is 4.98 Å². The Labute approximate surface area is 188 Å². The summed E-state index contributed by atoms with van der Waals surface area (Å²) < 4.78 is 13.1. The van der Waals surface area contributed by atoms with Crippen LogP contribution in [-0.2, 0) is 6.54 Å². The van der Waals surface area contributed by atoms with Crippen LogP contribution in [0.4, 0.5) is 0 Å². The Morgan fingerprint density at radius 1 is 0.875 bits per heavy atom. The van der Waals surface area contributed by atoms with E-state index in [0.717, 1.165) is 28.3 Å². The minimum atomic E-state index is 0.302. The second kappa shape index (κ2) is 8.05. The SMILES string of the molecule is Cc1ccc(-c2nc(Cn3nnc(-c4nc(-c5ccc(Cl)cc5)no4)c3C)c(C)o2)cc1. The third-order valence-corrected chi connectivity index (χ3v) is 5.46. The number of benzene rings is 2. The highest BCUT2D eigenvalue weighted by Gasteiger charge is 2.20. The monoisotopic (exact) mass is 446 g/mol. The fourth-order valence-electron chi connectivity index (χ4n) is 3.28. The van der Waals surface area contributed by atoms with Gasteiger partial charge in [0.2, 0.25) is 11.7 Å². The lowest BCUT2D eigenvalue weighted by Gasteiger charge is -2.00. The molecule has 0 saturated heterocycles. The van der Waals surface area contributed by atoms with Gasteiger partial charge in [-0.15, -0.1) is 5.10 Å². The maximum absolute atomic E-state index is 5.95. The van der Waals surface area contributed by atoms with Gasteiger partial charge < -0.3 is 8.94 Å². The Hall–Kier alpha value is -3.78. The van der Waals surface area contributed by atoms with Crippen LogP contribution in [-0.4, -0.2) is 30.1 Å². The van der Waals surface area contributed by atoms with Gasteiger partial charge in [0.15, 0.2) is 5.69 Å². The van der Waals surface area contributed by atoms with Gasteiger partial charge in [-0.25, -0.2) is 9.67 Å². The van der Waals surface area contributed by atoms with Crippen LogP contribution < -0.4 is 0 Å². The highest BCUT2D eigenvalue weighted by molar-refractivity contribution is 6.30. The van der Waals surface area contributed by atoms with E-state index in [1.807, 2.05) is 57.2 Å². The van der Waals surface area contributed by atoms with Gasteiger partial charge >= 0.3 is 0 Å². The maximum atomic E-state index is 5.95. The first kappa shape index (κ1) is 20.1. The predicted octanol–water partition coefficient (Wildman–Crippen LogP) is 5.28. The van der Waals surface area contributed by atoms with Crippen molar-refractivity contribution in [2.24, 2.45) is 0 Å². The second-order valence-corrected chi connectivity index (χ2v) is 7.94. The molecular weight excluding hydrogens is 428 g/mol. The normalized spacial score (nSPS) is 11.2. The van der Waals surface area contributed by atoms with Gasteiger partial charge in [-0.05, 0) is 57.2 Å². The number of oxazole rings is 1. The highest BCUT2D eigenvalue weighted by Crippen LogP contribution is 2.26. The van der Waals surface area contributed by atoms with Crippen molar-refractivity contribution in [1.82, 2.24) is 30.1 Å². The van der Waals surface area contributed by atoms with Crippen LogP contribution in [0, 0.1) is 20.8 Å². The maximum Gasteiger partial charge on any atom is 0.280 e. The molecule has 0 radical (unpaired) electrons. The Morgan fingerprint density at radius 2 is 1.59 bits per heavy atom. The highest BCUT2D eigenvalue weighted by atomic mass is 35.5. The van der Waals surface area contributed by atoms with Crippen LogP contribution in [0.5, 0.6) is 0 Å². The lowest BCUT2D eigenvalue weighted by molar-refractivity contribution is 0.430. The van der Waals surface area contributed by atoms with E-state index in [2.05, 4.69) is 25.4 Å². The number of rotatable bonds is 5. The van der Waals surface area contributed by atoms with Crippen LogP contribution in [0.25, 0.3) is 34.4 Å². The summed E-state index contributed by atoms with van der Waals surface area (Å²) in [5.74, 6) is 2.08. The van der Waals surface area contributed by atoms with Crippen LogP contribution in [0.3, 0.4) is 0 Å². The largest absolute Gasteiger partial charge is 0.441 e. The predicted molar refractivity (Wildman–Crippen MR) is 119 cm³/mol. The molecule has 5 aromatic rings. The number of aryl methyl sites for hydroxylation is 2. The first-order valence-corrected chi connectivity index (χ1v) is 10.4. The van der Waals surface area contributed by atoms with Crippen molar-refractivity contribution in [1.29, 1.82) is 0 Å². The van der Waals surface area contributed by atoms with Crippen LogP contribution in [0.2, 0.25) is 5.02 Å². The van der Waals surface area contributed by atoms with Gasteiger partial charge in [-0.3, -0.25) is 0 Å². The van der Waals surface area contributed by atoms with E-state index in [1.54, 1.807) is 16.8 Å². The molecule has 9 heteroatoms. The fourth-order valence-corrected chi connectivity index (χ4v) is 3.41. The van der Waals surface area contributed by atoms with E-state index in [9.17, 15) is 0 Å². The molecule has 3 heterocycles. The average Bonchev–Trinajstić information content (AvgIpc) is 3.50. The lowest BCUT2D eigenvalue weighted by atomic mass is 10.1. The molecule has 0 aliphatic carbocycles. The third kappa shape index (κ3) is 3.80. The molecule has 0 atom stereocenters. The summed E-state index contributed by atoms with van der Waals surface area (Å²) in [7, 11) is 0. The minimum Gasteiger partial charge on any atom is -0.441 e. The van der Waals surface area contributed by atoms with Crippen molar-refractivity contribution < 1.29 is 8.94 Å². The zero-order valence-electron chi connectivity index (χ0n) is 17.7. The van der Waals surface area contributed by atoms with Gasteiger partial charge in [0.1, 0.15) is 11.5 Å². The summed E-state index contributed by atoms with van der Waals surface area (Å²) in [5.41, 5.74) is 5.02. The Balaban J connectivity index is 1.39.